The molecule has 0 unspecified atom stereocenters. The molecule has 34 heavy (non-hydrogen) atoms. The Morgan fingerprint density at radius 1 is 1.00 bits per heavy atom. The van der Waals surface area contributed by atoms with Crippen molar-refractivity contribution < 1.29 is 18.9 Å². The highest BCUT2D eigenvalue weighted by atomic mass is 35.5. The zero-order valence-corrected chi connectivity index (χ0v) is 21.2. The van der Waals surface area contributed by atoms with E-state index in [1.165, 1.54) is 0 Å². The van der Waals surface area contributed by atoms with Crippen LogP contribution in [-0.2, 0) is 4.74 Å². The maximum atomic E-state index is 6.08. The molecule has 2 aromatic carbocycles. The average Bonchev–Trinajstić information content (AvgIpc) is 2.86. The largest absolute Gasteiger partial charge is 0.493 e. The molecule has 1 aliphatic rings. The fourth-order valence-corrected chi connectivity index (χ4v) is 4.05. The van der Waals surface area contributed by atoms with Crippen LogP contribution >= 0.6 is 24.0 Å². The van der Waals surface area contributed by atoms with Gasteiger partial charge >= 0.3 is 0 Å². The van der Waals surface area contributed by atoms with Crippen molar-refractivity contribution >= 4 is 40.7 Å². The molecule has 1 saturated heterocycles. The SMILES string of the molecule is COc1cc2c(NCCCN3CCOCC3)nc(-c3ccc(Cl)cc3)nc2c(OC)c1OC.Cl. The summed E-state index contributed by atoms with van der Waals surface area (Å²) in [7, 11) is 4.77. The molecule has 1 aliphatic heterocycles. The second-order valence-electron chi connectivity index (χ2n) is 7.68. The molecule has 2 heterocycles. The summed E-state index contributed by atoms with van der Waals surface area (Å²) in [5.41, 5.74) is 1.50. The van der Waals surface area contributed by atoms with Gasteiger partial charge < -0.3 is 24.3 Å². The van der Waals surface area contributed by atoms with Crippen LogP contribution in [0.25, 0.3) is 22.3 Å². The van der Waals surface area contributed by atoms with E-state index in [0.717, 1.165) is 56.8 Å². The van der Waals surface area contributed by atoms with Crippen molar-refractivity contribution in [2.45, 2.75) is 6.42 Å². The highest BCUT2D eigenvalue weighted by Gasteiger charge is 2.21. The molecule has 0 spiro atoms. The van der Waals surface area contributed by atoms with Gasteiger partial charge in [-0.25, -0.2) is 9.97 Å². The van der Waals surface area contributed by atoms with E-state index < -0.39 is 0 Å². The number of hydrogen-bond acceptors (Lipinski definition) is 8. The summed E-state index contributed by atoms with van der Waals surface area (Å²) in [6.07, 6.45) is 0.978. The van der Waals surface area contributed by atoms with Crippen molar-refractivity contribution in [3.05, 3.63) is 35.4 Å². The van der Waals surface area contributed by atoms with Gasteiger partial charge in [0.1, 0.15) is 11.3 Å². The molecule has 1 aromatic heterocycles. The number of anilines is 1. The van der Waals surface area contributed by atoms with Gasteiger partial charge in [-0.05, 0) is 43.3 Å². The van der Waals surface area contributed by atoms with Crippen LogP contribution < -0.4 is 19.5 Å². The predicted molar refractivity (Wildman–Crippen MR) is 137 cm³/mol. The first-order valence-electron chi connectivity index (χ1n) is 10.9. The number of benzene rings is 2. The van der Waals surface area contributed by atoms with Crippen molar-refractivity contribution in [1.82, 2.24) is 14.9 Å². The highest BCUT2D eigenvalue weighted by Crippen LogP contribution is 2.44. The van der Waals surface area contributed by atoms with Crippen LogP contribution in [0.2, 0.25) is 5.02 Å². The van der Waals surface area contributed by atoms with Crippen molar-refractivity contribution in [3.8, 4) is 28.6 Å². The minimum Gasteiger partial charge on any atom is -0.493 e. The van der Waals surface area contributed by atoms with E-state index in [-0.39, 0.29) is 12.4 Å². The number of morpholine rings is 1. The Kier molecular flexibility index (Phi) is 9.41. The second-order valence-corrected chi connectivity index (χ2v) is 8.11. The molecule has 0 saturated carbocycles. The van der Waals surface area contributed by atoms with Crippen LogP contribution in [0, 0.1) is 0 Å². The number of hydrogen-bond donors (Lipinski definition) is 1. The van der Waals surface area contributed by atoms with Gasteiger partial charge in [0.15, 0.2) is 17.3 Å². The zero-order valence-electron chi connectivity index (χ0n) is 19.6. The van der Waals surface area contributed by atoms with Crippen LogP contribution in [0.3, 0.4) is 0 Å². The summed E-state index contributed by atoms with van der Waals surface area (Å²) in [6.45, 7) is 5.33. The molecule has 0 aliphatic carbocycles. The molecular weight excluding hydrogens is 479 g/mol. The van der Waals surface area contributed by atoms with Crippen LogP contribution in [-0.4, -0.2) is 75.6 Å². The third-order valence-electron chi connectivity index (χ3n) is 5.64. The number of nitrogens with zero attached hydrogens (tertiary/aromatic N) is 3. The van der Waals surface area contributed by atoms with Crippen LogP contribution in [0.5, 0.6) is 17.2 Å². The van der Waals surface area contributed by atoms with E-state index in [9.17, 15) is 0 Å². The van der Waals surface area contributed by atoms with E-state index in [4.69, 9.17) is 40.5 Å². The molecular formula is C24H30Cl2N4O4. The number of aromatic nitrogens is 2. The second kappa shape index (κ2) is 12.3. The molecule has 3 aromatic rings. The van der Waals surface area contributed by atoms with E-state index in [1.807, 2.05) is 30.3 Å². The molecule has 8 nitrogen and oxygen atoms in total. The number of methoxy groups -OCH3 is 3. The maximum Gasteiger partial charge on any atom is 0.205 e. The van der Waals surface area contributed by atoms with E-state index in [0.29, 0.717) is 39.4 Å². The monoisotopic (exact) mass is 508 g/mol. The lowest BCUT2D eigenvalue weighted by Crippen LogP contribution is -2.37. The van der Waals surface area contributed by atoms with Crippen LogP contribution in [0.1, 0.15) is 6.42 Å². The smallest absolute Gasteiger partial charge is 0.205 e. The molecule has 0 atom stereocenters. The van der Waals surface area contributed by atoms with E-state index in [2.05, 4.69) is 10.2 Å². The number of ether oxygens (including phenoxy) is 4. The first-order chi connectivity index (χ1) is 16.1. The summed E-state index contributed by atoms with van der Waals surface area (Å²) >= 11 is 6.08. The van der Waals surface area contributed by atoms with Gasteiger partial charge in [-0.15, -0.1) is 12.4 Å². The quantitative estimate of drug-likeness (QED) is 0.422. The molecule has 0 bridgehead atoms. The van der Waals surface area contributed by atoms with E-state index >= 15 is 0 Å². The summed E-state index contributed by atoms with van der Waals surface area (Å²) in [5, 5.41) is 4.96. The minimum absolute atomic E-state index is 0. The van der Waals surface area contributed by atoms with Crippen molar-refractivity contribution in [2.24, 2.45) is 0 Å². The molecule has 10 heteroatoms. The number of fused-ring (bicyclic) bond motifs is 1. The third-order valence-corrected chi connectivity index (χ3v) is 5.90. The van der Waals surface area contributed by atoms with Gasteiger partial charge in [-0.1, -0.05) is 11.6 Å². The van der Waals surface area contributed by atoms with Gasteiger partial charge in [0.05, 0.1) is 39.9 Å². The fraction of sp³-hybridized carbons (Fsp3) is 0.417. The van der Waals surface area contributed by atoms with Gasteiger partial charge in [0, 0.05) is 30.2 Å². The first kappa shape index (κ1) is 26.1. The molecule has 0 radical (unpaired) electrons. The first-order valence-corrected chi connectivity index (χ1v) is 11.3. The molecule has 4 rings (SSSR count). The summed E-state index contributed by atoms with van der Waals surface area (Å²) in [6, 6.07) is 9.34. The fourth-order valence-electron chi connectivity index (χ4n) is 3.93. The predicted octanol–water partition coefficient (Wildman–Crippen LogP) is 4.53. The van der Waals surface area contributed by atoms with E-state index in [1.54, 1.807) is 21.3 Å². The van der Waals surface area contributed by atoms with Crippen LogP contribution in [0.15, 0.2) is 30.3 Å². The van der Waals surface area contributed by atoms with Gasteiger partial charge in [-0.3, -0.25) is 4.90 Å². The maximum absolute atomic E-state index is 6.08. The topological polar surface area (TPSA) is 78.0 Å². The van der Waals surface area contributed by atoms with Crippen molar-refractivity contribution in [2.75, 3.05) is 66.0 Å². The Bertz CT molecular complexity index is 1090. The average molecular weight is 509 g/mol. The normalized spacial score (nSPS) is 13.9. The summed E-state index contributed by atoms with van der Waals surface area (Å²) in [5.74, 6) is 2.83. The van der Waals surface area contributed by atoms with Gasteiger partial charge in [-0.2, -0.15) is 0 Å². The van der Waals surface area contributed by atoms with Gasteiger partial charge in [0.25, 0.3) is 0 Å². The highest BCUT2D eigenvalue weighted by molar-refractivity contribution is 6.30. The van der Waals surface area contributed by atoms with Crippen molar-refractivity contribution in [3.63, 3.8) is 0 Å². The number of halogens is 2. The van der Waals surface area contributed by atoms with Gasteiger partial charge in [0.2, 0.25) is 5.75 Å². The third kappa shape index (κ3) is 5.75. The molecule has 0 amide bonds. The molecule has 184 valence electrons. The Morgan fingerprint density at radius 2 is 1.71 bits per heavy atom. The van der Waals surface area contributed by atoms with Crippen molar-refractivity contribution in [1.29, 1.82) is 0 Å². The van der Waals surface area contributed by atoms with Crippen LogP contribution in [0.4, 0.5) is 5.82 Å². The Balaban J connectivity index is 0.00000324. The summed E-state index contributed by atoms with van der Waals surface area (Å²) in [4.78, 5) is 12.1. The number of nitrogens with one attached hydrogen (secondary N) is 1. The molecule has 1 N–H and O–H groups in total. The Morgan fingerprint density at radius 3 is 2.35 bits per heavy atom. The lowest BCUT2D eigenvalue weighted by Gasteiger charge is -2.26. The lowest BCUT2D eigenvalue weighted by atomic mass is 10.1. The Labute approximate surface area is 210 Å². The lowest BCUT2D eigenvalue weighted by molar-refractivity contribution is 0.0378. The number of rotatable bonds is 9. The zero-order chi connectivity index (χ0) is 23.2. The minimum atomic E-state index is 0. The molecule has 1 fully saturated rings. The summed E-state index contributed by atoms with van der Waals surface area (Å²) < 4.78 is 22.3. The Hall–Kier alpha value is -2.52. The standard InChI is InChI=1S/C24H29ClN4O4.ClH/c1-30-19-15-18-20(22(32-3)21(19)31-2)27-23(16-5-7-17(25)8-6-16)28-24(18)26-9-4-10-29-11-13-33-14-12-29;/h5-8,15H,4,9-14H2,1-3H3,(H,26,27,28);1H.